The fraction of sp³-hybridized carbons (Fsp3) is 0.200. The molecule has 17 heavy (non-hydrogen) atoms. The summed E-state index contributed by atoms with van der Waals surface area (Å²) in [5.74, 6) is 0.877. The number of aryl methyl sites for hydroxylation is 1. The van der Waals surface area contributed by atoms with Crippen LogP contribution in [0.4, 0.5) is 0 Å². The average molecular weight is 228 g/mol. The lowest BCUT2D eigenvalue weighted by Crippen LogP contribution is -1.95. The molecule has 0 unspecified atom stereocenters. The molecule has 2 rings (SSSR count). The number of aliphatic hydroxyl groups excluding tert-OH is 1. The minimum absolute atomic E-state index is 0.0824. The number of hydrogen-bond donors (Lipinski definition) is 1. The van der Waals surface area contributed by atoms with Crippen molar-refractivity contribution in [3.63, 3.8) is 0 Å². The molecule has 0 aliphatic heterocycles. The van der Waals surface area contributed by atoms with Crippen LogP contribution in [0.2, 0.25) is 0 Å². The van der Waals surface area contributed by atoms with E-state index in [4.69, 9.17) is 9.84 Å². The molecule has 88 valence electrons. The first-order valence-corrected chi connectivity index (χ1v) is 5.66. The van der Waals surface area contributed by atoms with Crippen LogP contribution in [0.3, 0.4) is 0 Å². The minimum Gasteiger partial charge on any atom is -0.489 e. The van der Waals surface area contributed by atoms with Crippen LogP contribution in [-0.4, -0.2) is 5.11 Å². The third-order valence-corrected chi connectivity index (χ3v) is 2.63. The Kier molecular flexibility index (Phi) is 3.78. The Balaban J connectivity index is 1.95. The van der Waals surface area contributed by atoms with Gasteiger partial charge in [0.25, 0.3) is 0 Å². The van der Waals surface area contributed by atoms with Gasteiger partial charge in [0.2, 0.25) is 0 Å². The molecule has 2 heteroatoms. The van der Waals surface area contributed by atoms with Gasteiger partial charge in [-0.25, -0.2) is 0 Å². The zero-order valence-electron chi connectivity index (χ0n) is 9.89. The van der Waals surface area contributed by atoms with Crippen molar-refractivity contribution in [2.45, 2.75) is 20.1 Å². The Hall–Kier alpha value is -1.80. The Morgan fingerprint density at radius 2 is 1.47 bits per heavy atom. The number of benzene rings is 2. The maximum absolute atomic E-state index is 8.93. The monoisotopic (exact) mass is 228 g/mol. The average Bonchev–Trinajstić information content (AvgIpc) is 2.39. The van der Waals surface area contributed by atoms with E-state index in [9.17, 15) is 0 Å². The summed E-state index contributed by atoms with van der Waals surface area (Å²) in [5, 5.41) is 8.93. The van der Waals surface area contributed by atoms with E-state index >= 15 is 0 Å². The standard InChI is InChI=1S/C15H16O2/c1-12-2-8-15(9-3-12)17-11-14-6-4-13(10-16)5-7-14/h2-9,16H,10-11H2,1H3. The fourth-order valence-corrected chi connectivity index (χ4v) is 1.54. The quantitative estimate of drug-likeness (QED) is 0.871. The van der Waals surface area contributed by atoms with E-state index < -0.39 is 0 Å². The zero-order valence-corrected chi connectivity index (χ0v) is 9.89. The van der Waals surface area contributed by atoms with E-state index in [1.807, 2.05) is 48.5 Å². The van der Waals surface area contributed by atoms with Crippen molar-refractivity contribution >= 4 is 0 Å². The van der Waals surface area contributed by atoms with Crippen LogP contribution in [-0.2, 0) is 13.2 Å². The third kappa shape index (κ3) is 3.33. The van der Waals surface area contributed by atoms with E-state index in [1.165, 1.54) is 5.56 Å². The van der Waals surface area contributed by atoms with Crippen molar-refractivity contribution < 1.29 is 9.84 Å². The molecule has 1 N–H and O–H groups in total. The lowest BCUT2D eigenvalue weighted by Gasteiger charge is -2.07. The van der Waals surface area contributed by atoms with Gasteiger partial charge in [0.05, 0.1) is 6.61 Å². The predicted octanol–water partition coefficient (Wildman–Crippen LogP) is 3.07. The first-order valence-electron chi connectivity index (χ1n) is 5.66. The molecule has 0 aromatic heterocycles. The first-order chi connectivity index (χ1) is 8.28. The number of aliphatic hydroxyl groups is 1. The lowest BCUT2D eigenvalue weighted by molar-refractivity contribution is 0.281. The van der Waals surface area contributed by atoms with Crippen molar-refractivity contribution in [1.29, 1.82) is 0 Å². The molecule has 2 nitrogen and oxygen atoms in total. The molecular weight excluding hydrogens is 212 g/mol. The molecule has 0 heterocycles. The van der Waals surface area contributed by atoms with Crippen LogP contribution in [0.1, 0.15) is 16.7 Å². The van der Waals surface area contributed by atoms with E-state index in [0.29, 0.717) is 6.61 Å². The van der Waals surface area contributed by atoms with Crippen LogP contribution in [0, 0.1) is 6.92 Å². The van der Waals surface area contributed by atoms with Gasteiger partial charge in [-0.3, -0.25) is 0 Å². The molecule has 0 saturated heterocycles. The van der Waals surface area contributed by atoms with Crippen LogP contribution >= 0.6 is 0 Å². The molecule has 0 spiro atoms. The molecule has 0 radical (unpaired) electrons. The summed E-state index contributed by atoms with van der Waals surface area (Å²) in [7, 11) is 0. The SMILES string of the molecule is Cc1ccc(OCc2ccc(CO)cc2)cc1. The van der Waals surface area contributed by atoms with Crippen LogP contribution in [0.5, 0.6) is 5.75 Å². The maximum Gasteiger partial charge on any atom is 0.119 e. The Bertz CT molecular complexity index is 457. The molecule has 0 fully saturated rings. The van der Waals surface area contributed by atoms with Gasteiger partial charge in [0.1, 0.15) is 12.4 Å². The summed E-state index contributed by atoms with van der Waals surface area (Å²) in [6.45, 7) is 2.69. The summed E-state index contributed by atoms with van der Waals surface area (Å²) < 4.78 is 5.66. The Morgan fingerprint density at radius 3 is 2.06 bits per heavy atom. The summed E-state index contributed by atoms with van der Waals surface area (Å²) in [4.78, 5) is 0. The summed E-state index contributed by atoms with van der Waals surface area (Å²) >= 11 is 0. The van der Waals surface area contributed by atoms with Crippen LogP contribution < -0.4 is 4.74 Å². The smallest absolute Gasteiger partial charge is 0.119 e. The Labute approximate surface area is 101 Å². The van der Waals surface area contributed by atoms with Gasteiger partial charge in [-0.1, -0.05) is 42.0 Å². The van der Waals surface area contributed by atoms with Gasteiger partial charge >= 0.3 is 0 Å². The van der Waals surface area contributed by atoms with Gasteiger partial charge in [-0.2, -0.15) is 0 Å². The highest BCUT2D eigenvalue weighted by Gasteiger charge is 1.96. The molecule has 2 aromatic carbocycles. The molecule has 0 amide bonds. The van der Waals surface area contributed by atoms with Crippen LogP contribution in [0.25, 0.3) is 0 Å². The minimum atomic E-state index is 0.0824. The molecule has 0 aliphatic rings. The molecule has 0 saturated carbocycles. The number of rotatable bonds is 4. The second-order valence-electron chi connectivity index (χ2n) is 4.08. The molecule has 0 bridgehead atoms. The van der Waals surface area contributed by atoms with Gasteiger partial charge in [0, 0.05) is 0 Å². The van der Waals surface area contributed by atoms with E-state index in [-0.39, 0.29) is 6.61 Å². The second-order valence-corrected chi connectivity index (χ2v) is 4.08. The number of hydrogen-bond acceptors (Lipinski definition) is 2. The topological polar surface area (TPSA) is 29.5 Å². The first kappa shape index (κ1) is 11.7. The highest BCUT2D eigenvalue weighted by molar-refractivity contribution is 5.27. The third-order valence-electron chi connectivity index (χ3n) is 2.63. The van der Waals surface area contributed by atoms with Crippen molar-refractivity contribution in [2.75, 3.05) is 0 Å². The van der Waals surface area contributed by atoms with Gasteiger partial charge in [0.15, 0.2) is 0 Å². The highest BCUT2D eigenvalue weighted by Crippen LogP contribution is 2.14. The van der Waals surface area contributed by atoms with Gasteiger partial charge in [-0.15, -0.1) is 0 Å². The molecule has 0 aliphatic carbocycles. The lowest BCUT2D eigenvalue weighted by atomic mass is 10.1. The summed E-state index contributed by atoms with van der Waals surface area (Å²) in [6, 6.07) is 15.8. The normalized spacial score (nSPS) is 10.2. The van der Waals surface area contributed by atoms with Crippen molar-refractivity contribution in [1.82, 2.24) is 0 Å². The van der Waals surface area contributed by atoms with E-state index in [0.717, 1.165) is 16.9 Å². The number of ether oxygens (including phenoxy) is 1. The molecule has 2 aromatic rings. The summed E-state index contributed by atoms with van der Waals surface area (Å²) in [5.41, 5.74) is 3.25. The fourth-order valence-electron chi connectivity index (χ4n) is 1.54. The van der Waals surface area contributed by atoms with Crippen molar-refractivity contribution in [3.05, 3.63) is 65.2 Å². The van der Waals surface area contributed by atoms with Gasteiger partial charge in [-0.05, 0) is 30.2 Å². The predicted molar refractivity (Wildman–Crippen MR) is 67.9 cm³/mol. The zero-order chi connectivity index (χ0) is 12.1. The Morgan fingerprint density at radius 1 is 0.882 bits per heavy atom. The van der Waals surface area contributed by atoms with Gasteiger partial charge < -0.3 is 9.84 Å². The molecule has 0 atom stereocenters. The highest BCUT2D eigenvalue weighted by atomic mass is 16.5. The van der Waals surface area contributed by atoms with E-state index in [1.54, 1.807) is 0 Å². The van der Waals surface area contributed by atoms with E-state index in [2.05, 4.69) is 6.92 Å². The summed E-state index contributed by atoms with van der Waals surface area (Å²) in [6.07, 6.45) is 0. The second kappa shape index (κ2) is 5.51. The van der Waals surface area contributed by atoms with Crippen LogP contribution in [0.15, 0.2) is 48.5 Å². The van der Waals surface area contributed by atoms with Crippen molar-refractivity contribution in [3.8, 4) is 5.75 Å². The van der Waals surface area contributed by atoms with Crippen molar-refractivity contribution in [2.24, 2.45) is 0 Å². The maximum atomic E-state index is 8.93. The largest absolute Gasteiger partial charge is 0.489 e. The molecular formula is C15H16O2.